The normalized spacial score (nSPS) is 22.5. The molecular weight excluding hydrogens is 361 g/mol. The van der Waals surface area contributed by atoms with Crippen LogP contribution in [-0.4, -0.2) is 50.6 Å². The van der Waals surface area contributed by atoms with Crippen LogP contribution in [0.2, 0.25) is 0 Å². The molecule has 1 aromatic rings. The largest absolute Gasteiger partial charge is 0.408 e. The Labute approximate surface area is 146 Å². The van der Waals surface area contributed by atoms with E-state index in [1.165, 1.54) is 0 Å². The summed E-state index contributed by atoms with van der Waals surface area (Å²) in [6.45, 7) is 4.40. The molecule has 1 aliphatic rings. The monoisotopic (exact) mass is 381 g/mol. The Morgan fingerprint density at radius 3 is 2.19 bits per heavy atom. The number of allylic oxidation sites excluding steroid dienone is 1. The quantitative estimate of drug-likeness (QED) is 0.680. The van der Waals surface area contributed by atoms with Crippen molar-refractivity contribution in [3.05, 3.63) is 11.7 Å². The van der Waals surface area contributed by atoms with Gasteiger partial charge in [-0.1, -0.05) is 0 Å². The number of anilines is 2. The van der Waals surface area contributed by atoms with Crippen molar-refractivity contribution in [3.8, 4) is 0 Å². The van der Waals surface area contributed by atoms with Gasteiger partial charge in [-0.2, -0.15) is 28.1 Å². The van der Waals surface area contributed by atoms with Crippen molar-refractivity contribution < 1.29 is 27.1 Å². The Balaban J connectivity index is 2.44. The first-order chi connectivity index (χ1) is 12.0. The second-order valence-corrected chi connectivity index (χ2v) is 6.34. The second kappa shape index (κ2) is 7.68. The van der Waals surface area contributed by atoms with E-state index >= 15 is 0 Å². The molecular formula is C15H20F5N5O. The first-order valence-electron chi connectivity index (χ1n) is 8.06. The summed E-state index contributed by atoms with van der Waals surface area (Å²) < 4.78 is 65.9. The summed E-state index contributed by atoms with van der Waals surface area (Å²) in [5, 5.41) is 14.5. The van der Waals surface area contributed by atoms with Gasteiger partial charge in [0.15, 0.2) is 5.82 Å². The maximum atomic E-state index is 14.2. The van der Waals surface area contributed by atoms with Crippen molar-refractivity contribution in [1.82, 2.24) is 15.0 Å². The van der Waals surface area contributed by atoms with Crippen molar-refractivity contribution >= 4 is 17.5 Å². The molecule has 0 amide bonds. The summed E-state index contributed by atoms with van der Waals surface area (Å²) >= 11 is 0. The van der Waals surface area contributed by atoms with Crippen LogP contribution in [0.15, 0.2) is 5.83 Å². The minimum atomic E-state index is -4.54. The fourth-order valence-electron chi connectivity index (χ4n) is 2.29. The number of aromatic nitrogens is 3. The predicted molar refractivity (Wildman–Crippen MR) is 85.9 cm³/mol. The summed E-state index contributed by atoms with van der Waals surface area (Å²) in [7, 11) is 0. The van der Waals surface area contributed by atoms with Crippen molar-refractivity contribution in [3.63, 3.8) is 0 Å². The highest BCUT2D eigenvalue weighted by Gasteiger charge is 2.37. The molecule has 0 fully saturated rings. The van der Waals surface area contributed by atoms with E-state index in [1.54, 1.807) is 13.8 Å². The lowest BCUT2D eigenvalue weighted by molar-refractivity contribution is -0.138. The third-order valence-corrected chi connectivity index (χ3v) is 3.72. The minimum Gasteiger partial charge on any atom is -0.383 e. The molecule has 0 aliphatic heterocycles. The van der Waals surface area contributed by atoms with Crippen LogP contribution in [0.3, 0.4) is 0 Å². The molecule has 11 heteroatoms. The van der Waals surface area contributed by atoms with Crippen molar-refractivity contribution in [2.75, 3.05) is 10.6 Å². The van der Waals surface area contributed by atoms with Gasteiger partial charge in [0.1, 0.15) is 24.1 Å². The molecule has 0 saturated carbocycles. The molecule has 0 radical (unpaired) electrons. The standard InChI is InChI=1S/C15H20F5N5O/c1-6(2)21-13-23-12(8-4-5-9(16)11(26)10(8)17)24-14(25-13)22-7(3)15(18,19)20/h6-7,9,11,26H,4-5H2,1-3H3,(H2,21,22,23,24,25)/t7-,9?,11-/m1/s1. The highest BCUT2D eigenvalue weighted by Crippen LogP contribution is 2.34. The van der Waals surface area contributed by atoms with Gasteiger partial charge in [-0.15, -0.1) is 0 Å². The van der Waals surface area contributed by atoms with Crippen LogP contribution in [0.4, 0.5) is 33.8 Å². The number of nitrogens with zero attached hydrogens (tertiary/aromatic N) is 3. The van der Waals surface area contributed by atoms with Gasteiger partial charge in [0.2, 0.25) is 11.9 Å². The lowest BCUT2D eigenvalue weighted by Gasteiger charge is -2.23. The van der Waals surface area contributed by atoms with Gasteiger partial charge in [0.05, 0.1) is 0 Å². The second-order valence-electron chi connectivity index (χ2n) is 6.34. The van der Waals surface area contributed by atoms with Gasteiger partial charge in [0.25, 0.3) is 0 Å². The van der Waals surface area contributed by atoms with Gasteiger partial charge in [-0.25, -0.2) is 8.78 Å². The number of alkyl halides is 4. The fourth-order valence-corrected chi connectivity index (χ4v) is 2.29. The maximum absolute atomic E-state index is 14.2. The van der Waals surface area contributed by atoms with E-state index in [9.17, 15) is 27.1 Å². The van der Waals surface area contributed by atoms with Crippen molar-refractivity contribution in [2.45, 2.75) is 64.1 Å². The van der Waals surface area contributed by atoms with E-state index in [0.717, 1.165) is 6.92 Å². The zero-order valence-electron chi connectivity index (χ0n) is 14.4. The van der Waals surface area contributed by atoms with E-state index in [0.29, 0.717) is 0 Å². The van der Waals surface area contributed by atoms with Crippen molar-refractivity contribution in [2.24, 2.45) is 0 Å². The van der Waals surface area contributed by atoms with Crippen molar-refractivity contribution in [1.29, 1.82) is 0 Å². The molecule has 0 spiro atoms. The van der Waals surface area contributed by atoms with Crippen LogP contribution in [0.25, 0.3) is 5.57 Å². The number of aliphatic hydroxyl groups excluding tert-OH is 1. The van der Waals surface area contributed by atoms with E-state index in [4.69, 9.17) is 0 Å². The van der Waals surface area contributed by atoms with Crippen LogP contribution in [0, 0.1) is 0 Å². The smallest absolute Gasteiger partial charge is 0.383 e. The summed E-state index contributed by atoms with van der Waals surface area (Å²) in [6.07, 6.45) is -8.47. The highest BCUT2D eigenvalue weighted by molar-refractivity contribution is 5.65. The fraction of sp³-hybridized carbons (Fsp3) is 0.667. The molecule has 0 aromatic carbocycles. The van der Waals surface area contributed by atoms with E-state index in [-0.39, 0.29) is 36.2 Å². The number of hydrogen-bond acceptors (Lipinski definition) is 6. The van der Waals surface area contributed by atoms with E-state index < -0.39 is 36.3 Å². The third-order valence-electron chi connectivity index (χ3n) is 3.72. The van der Waals surface area contributed by atoms with Gasteiger partial charge in [-0.3, -0.25) is 0 Å². The van der Waals surface area contributed by atoms with Crippen LogP contribution in [0.5, 0.6) is 0 Å². The Hall–Kier alpha value is -2.04. The van der Waals surface area contributed by atoms with Crippen LogP contribution in [-0.2, 0) is 0 Å². The molecule has 1 aliphatic carbocycles. The molecule has 146 valence electrons. The molecule has 26 heavy (non-hydrogen) atoms. The Kier molecular flexibility index (Phi) is 5.99. The zero-order valence-corrected chi connectivity index (χ0v) is 14.4. The van der Waals surface area contributed by atoms with Crippen LogP contribution in [0.1, 0.15) is 39.4 Å². The third kappa shape index (κ3) is 4.77. The molecule has 2 rings (SSSR count). The average molecular weight is 381 g/mol. The zero-order chi connectivity index (χ0) is 19.6. The Morgan fingerprint density at radius 2 is 1.65 bits per heavy atom. The molecule has 0 saturated heterocycles. The SMILES string of the molecule is CC(C)Nc1nc(N[C@H](C)C(F)(F)F)nc(C2=C(F)[C@H](O)C(F)CC2)n1. The maximum Gasteiger partial charge on any atom is 0.408 e. The average Bonchev–Trinajstić information content (AvgIpc) is 2.51. The lowest BCUT2D eigenvalue weighted by Crippen LogP contribution is -2.34. The summed E-state index contributed by atoms with van der Waals surface area (Å²) in [6, 6.07) is -2.10. The highest BCUT2D eigenvalue weighted by atomic mass is 19.4. The Morgan fingerprint density at radius 1 is 1.08 bits per heavy atom. The molecule has 1 heterocycles. The van der Waals surface area contributed by atoms with Gasteiger partial charge >= 0.3 is 6.18 Å². The summed E-state index contributed by atoms with van der Waals surface area (Å²) in [5.41, 5.74) is -0.150. The molecule has 3 N–H and O–H groups in total. The van der Waals surface area contributed by atoms with Gasteiger partial charge in [-0.05, 0) is 33.6 Å². The summed E-state index contributed by atoms with van der Waals surface area (Å²) in [5.74, 6) is -1.83. The minimum absolute atomic E-state index is 0.0564. The molecule has 0 bridgehead atoms. The summed E-state index contributed by atoms with van der Waals surface area (Å²) in [4.78, 5) is 11.7. The first-order valence-corrected chi connectivity index (χ1v) is 8.06. The molecule has 3 atom stereocenters. The van der Waals surface area contributed by atoms with Crippen LogP contribution < -0.4 is 10.6 Å². The number of nitrogens with one attached hydrogen (secondary N) is 2. The van der Waals surface area contributed by atoms with Crippen LogP contribution >= 0.6 is 0 Å². The Bertz CT molecular complexity index is 679. The topological polar surface area (TPSA) is 83.0 Å². The first kappa shape index (κ1) is 20.3. The number of rotatable bonds is 5. The van der Waals surface area contributed by atoms with E-state index in [1.807, 2.05) is 0 Å². The predicted octanol–water partition coefficient (Wildman–Crippen LogP) is 3.23. The number of aliphatic hydroxyl groups is 1. The van der Waals surface area contributed by atoms with Gasteiger partial charge < -0.3 is 15.7 Å². The van der Waals surface area contributed by atoms with E-state index in [2.05, 4.69) is 25.6 Å². The molecule has 6 nitrogen and oxygen atoms in total. The van der Waals surface area contributed by atoms with Gasteiger partial charge in [0, 0.05) is 11.6 Å². The molecule has 1 unspecified atom stereocenters. The number of hydrogen-bond donors (Lipinski definition) is 3. The molecule has 1 aromatic heterocycles. The number of halogens is 5. The lowest BCUT2D eigenvalue weighted by atomic mass is 9.94.